The van der Waals surface area contributed by atoms with E-state index in [0.717, 1.165) is 42.4 Å². The summed E-state index contributed by atoms with van der Waals surface area (Å²) in [5, 5.41) is 7.47. The second-order valence-corrected chi connectivity index (χ2v) is 11.1. The molecule has 0 aliphatic heterocycles. The number of rotatable bonds is 8. The Hall–Kier alpha value is -2.26. The van der Waals surface area contributed by atoms with Crippen molar-refractivity contribution in [2.45, 2.75) is 55.6 Å². The Morgan fingerprint density at radius 1 is 1.24 bits per heavy atom. The van der Waals surface area contributed by atoms with Gasteiger partial charge in [0.15, 0.2) is 16.9 Å². The molecule has 178 valence electrons. The molecule has 5 rings (SSSR count). The van der Waals surface area contributed by atoms with Gasteiger partial charge in [-0.1, -0.05) is 52.6 Å². The number of carbonyl (C=O) groups excluding carboxylic acids is 1. The number of hydrogen-bond acceptors (Lipinski definition) is 5. The Morgan fingerprint density at radius 3 is 2.44 bits per heavy atom. The average molecular weight is 520 g/mol. The third-order valence-corrected chi connectivity index (χ3v) is 7.94. The number of amides is 1. The molecule has 2 aliphatic carbocycles. The molecule has 2 atom stereocenters. The van der Waals surface area contributed by atoms with E-state index < -0.39 is 21.7 Å². The van der Waals surface area contributed by atoms with Gasteiger partial charge in [0.2, 0.25) is 11.8 Å². The van der Waals surface area contributed by atoms with Crippen LogP contribution in [0.25, 0.3) is 0 Å². The van der Waals surface area contributed by atoms with E-state index in [9.17, 15) is 13.6 Å². The number of nitrogens with one attached hydrogen (secondary N) is 1. The molecule has 1 heterocycles. The number of carbonyl (C=O) groups is 1. The first-order chi connectivity index (χ1) is 16.3. The first-order valence-corrected chi connectivity index (χ1v) is 13.0. The predicted molar refractivity (Wildman–Crippen MR) is 131 cm³/mol. The predicted octanol–water partition coefficient (Wildman–Crippen LogP) is 5.80. The van der Waals surface area contributed by atoms with Crippen LogP contribution in [0.2, 0.25) is 10.0 Å². The van der Waals surface area contributed by atoms with Gasteiger partial charge in [0, 0.05) is 27.2 Å². The van der Waals surface area contributed by atoms with Crippen LogP contribution in [-0.4, -0.2) is 24.8 Å². The Balaban J connectivity index is 1.29. The lowest BCUT2D eigenvalue weighted by atomic mass is 9.94. The first kappa shape index (κ1) is 23.5. The molecule has 0 bridgehead atoms. The van der Waals surface area contributed by atoms with Gasteiger partial charge < -0.3 is 14.4 Å². The largest absolute Gasteiger partial charge is 0.339 e. The Kier molecular flexibility index (Phi) is 6.27. The zero-order chi connectivity index (χ0) is 24.0. The van der Waals surface area contributed by atoms with Crippen molar-refractivity contribution in [3.63, 3.8) is 0 Å². The van der Waals surface area contributed by atoms with E-state index in [0.29, 0.717) is 33.4 Å². The van der Waals surface area contributed by atoms with Gasteiger partial charge in [0.1, 0.15) is 0 Å². The highest BCUT2D eigenvalue weighted by atomic mass is 35.5. The molecule has 10 heteroatoms. The van der Waals surface area contributed by atoms with Gasteiger partial charge in [-0.2, -0.15) is 4.98 Å². The normalized spacial score (nSPS) is 18.4. The maximum Gasteiger partial charge on any atom is 0.229 e. The van der Waals surface area contributed by atoms with E-state index in [-0.39, 0.29) is 12.3 Å². The molecule has 2 aromatic carbocycles. The highest BCUT2D eigenvalue weighted by Gasteiger charge is 2.53. The molecular formula is C24H23Cl2N3O4S. The van der Waals surface area contributed by atoms with Crippen molar-refractivity contribution >= 4 is 45.9 Å². The zero-order valence-corrected chi connectivity index (χ0v) is 20.7. The fourth-order valence-corrected chi connectivity index (χ4v) is 5.39. The highest BCUT2D eigenvalue weighted by Crippen LogP contribution is 2.57. The molecule has 1 amide bonds. The summed E-state index contributed by atoms with van der Waals surface area (Å²) >= 11 is 11.3. The molecule has 1 aromatic heterocycles. The third-order valence-electron chi connectivity index (χ3n) is 6.47. The van der Waals surface area contributed by atoms with Crippen LogP contribution < -0.4 is 5.32 Å². The lowest BCUT2D eigenvalue weighted by molar-refractivity contribution is -0.115. The Bertz CT molecular complexity index is 1250. The number of nitrogens with zero attached hydrogens (tertiary/aromatic N) is 2. The smallest absolute Gasteiger partial charge is 0.229 e. The van der Waals surface area contributed by atoms with Crippen LogP contribution in [-0.2, 0) is 27.7 Å². The fraction of sp³-hybridized carbons (Fsp3) is 0.375. The molecule has 2 N–H and O–H groups in total. The lowest BCUT2D eigenvalue weighted by Crippen LogP contribution is -2.16. The molecule has 2 unspecified atom stereocenters. The van der Waals surface area contributed by atoms with E-state index in [2.05, 4.69) is 15.5 Å². The minimum Gasteiger partial charge on any atom is -0.339 e. The van der Waals surface area contributed by atoms with E-state index in [1.165, 1.54) is 0 Å². The van der Waals surface area contributed by atoms with Crippen molar-refractivity contribution < 1.29 is 18.1 Å². The number of aromatic nitrogens is 2. The van der Waals surface area contributed by atoms with Gasteiger partial charge in [0.25, 0.3) is 0 Å². The summed E-state index contributed by atoms with van der Waals surface area (Å²) < 4.78 is 25.9. The second kappa shape index (κ2) is 9.07. The summed E-state index contributed by atoms with van der Waals surface area (Å²) in [6.07, 6.45) is 3.97. The molecular weight excluding hydrogens is 497 g/mol. The van der Waals surface area contributed by atoms with Gasteiger partial charge in [-0.3, -0.25) is 4.79 Å². The summed E-state index contributed by atoms with van der Waals surface area (Å²) in [5.74, 6) is 1.46. The summed E-state index contributed by atoms with van der Waals surface area (Å²) in [6, 6.07) is 10.5. The molecule has 7 nitrogen and oxygen atoms in total. The quantitative estimate of drug-likeness (QED) is 0.364. The van der Waals surface area contributed by atoms with Gasteiger partial charge in [0.05, 0.1) is 17.1 Å². The highest BCUT2D eigenvalue weighted by molar-refractivity contribution is 7.79. The molecule has 0 spiro atoms. The molecule has 2 saturated carbocycles. The first-order valence-electron chi connectivity index (χ1n) is 11.1. The van der Waals surface area contributed by atoms with Gasteiger partial charge in [-0.25, -0.2) is 4.21 Å². The minimum atomic E-state index is -1.94. The number of benzene rings is 2. The van der Waals surface area contributed by atoms with Crippen molar-refractivity contribution in [2.24, 2.45) is 0 Å². The lowest BCUT2D eigenvalue weighted by Gasteiger charge is -2.17. The Morgan fingerprint density at radius 2 is 1.88 bits per heavy atom. The zero-order valence-electron chi connectivity index (χ0n) is 18.4. The van der Waals surface area contributed by atoms with E-state index in [1.807, 2.05) is 0 Å². The topological polar surface area (TPSA) is 105 Å². The van der Waals surface area contributed by atoms with Crippen LogP contribution in [0.1, 0.15) is 72.2 Å². The molecule has 2 fully saturated rings. The van der Waals surface area contributed by atoms with Crippen LogP contribution in [0.4, 0.5) is 5.69 Å². The van der Waals surface area contributed by atoms with Crippen molar-refractivity contribution in [3.05, 3.63) is 74.8 Å². The number of hydrogen-bond donors (Lipinski definition) is 2. The summed E-state index contributed by atoms with van der Waals surface area (Å²) in [4.78, 5) is 17.2. The summed E-state index contributed by atoms with van der Waals surface area (Å²) in [5.41, 5.74) is 2.35. The van der Waals surface area contributed by atoms with Crippen LogP contribution in [0.5, 0.6) is 0 Å². The summed E-state index contributed by atoms with van der Waals surface area (Å²) in [6.45, 7) is 1.67. The van der Waals surface area contributed by atoms with Crippen LogP contribution >= 0.6 is 23.2 Å². The van der Waals surface area contributed by atoms with Gasteiger partial charge >= 0.3 is 0 Å². The minimum absolute atomic E-state index is 0.143. The maximum absolute atomic E-state index is 12.6. The van der Waals surface area contributed by atoms with Crippen molar-refractivity contribution in [2.75, 3.05) is 5.32 Å². The SMILES string of the molecule is CC(c1ccc(CC(=O)Nc2cc(Cl)c(C3(c4noc(C5CC5)n4)CC3)c(Cl)c2)cc1)S(=O)O. The van der Waals surface area contributed by atoms with Crippen molar-refractivity contribution in [1.29, 1.82) is 0 Å². The number of anilines is 1. The maximum atomic E-state index is 12.6. The van der Waals surface area contributed by atoms with Crippen LogP contribution in [0.3, 0.4) is 0 Å². The van der Waals surface area contributed by atoms with E-state index >= 15 is 0 Å². The van der Waals surface area contributed by atoms with Crippen molar-refractivity contribution in [3.8, 4) is 0 Å². The van der Waals surface area contributed by atoms with Crippen LogP contribution in [0.15, 0.2) is 40.9 Å². The summed E-state index contributed by atoms with van der Waals surface area (Å²) in [7, 11) is 0. The monoisotopic (exact) mass is 519 g/mol. The standard InChI is InChI=1S/C24H23Cl2N3O4S/c1-13(34(31)32)15-4-2-14(3-5-15)10-20(30)27-17-11-18(25)21(19(26)12-17)24(8-9-24)23-28-22(33-29-23)16-6-7-16/h2-5,11-13,16H,6-10H2,1H3,(H,27,30)(H,31,32). The van der Waals surface area contributed by atoms with E-state index in [4.69, 9.17) is 27.7 Å². The molecule has 0 saturated heterocycles. The Labute approximate surface area is 209 Å². The second-order valence-electron chi connectivity index (χ2n) is 9.01. The molecule has 0 radical (unpaired) electrons. The third kappa shape index (κ3) is 4.64. The van der Waals surface area contributed by atoms with Gasteiger partial charge in [-0.05, 0) is 55.9 Å². The van der Waals surface area contributed by atoms with Crippen LogP contribution in [0, 0.1) is 0 Å². The molecule has 3 aromatic rings. The fourth-order valence-electron chi connectivity index (χ4n) is 4.15. The van der Waals surface area contributed by atoms with Gasteiger partial charge in [-0.15, -0.1) is 0 Å². The molecule has 2 aliphatic rings. The van der Waals surface area contributed by atoms with E-state index in [1.54, 1.807) is 43.3 Å². The number of halogens is 2. The average Bonchev–Trinajstić information content (AvgIpc) is 3.73. The van der Waals surface area contributed by atoms with Crippen molar-refractivity contribution in [1.82, 2.24) is 10.1 Å². The molecule has 34 heavy (non-hydrogen) atoms.